The van der Waals surface area contributed by atoms with Gasteiger partial charge in [-0.2, -0.15) is 0 Å². The minimum atomic E-state index is 0.112. The van der Waals surface area contributed by atoms with Gasteiger partial charge in [-0.1, -0.05) is 36.5 Å². The van der Waals surface area contributed by atoms with Crippen molar-refractivity contribution in [1.29, 1.82) is 0 Å². The molecule has 0 aliphatic rings. The average molecular weight is 374 g/mol. The van der Waals surface area contributed by atoms with Crippen molar-refractivity contribution < 1.29 is 4.79 Å². The fraction of sp³-hybridized carbons (Fsp3) is 0.368. The number of fused-ring (bicyclic) bond motifs is 1. The number of thiazole rings is 1. The second-order valence-corrected chi connectivity index (χ2v) is 8.26. The van der Waals surface area contributed by atoms with Gasteiger partial charge in [0.2, 0.25) is 5.91 Å². The van der Waals surface area contributed by atoms with Gasteiger partial charge < -0.3 is 4.90 Å². The fourth-order valence-electron chi connectivity index (χ4n) is 2.68. The molecule has 0 spiro atoms. The molecule has 3 rings (SSSR count). The molecule has 0 N–H and O–H groups in total. The SMILES string of the molecule is CCc1cccc2sc(N(CCN(C)C)C(=O)Cc3cccs3)nc12. The Morgan fingerprint density at radius 3 is 2.68 bits per heavy atom. The van der Waals surface area contributed by atoms with Crippen molar-refractivity contribution in [2.24, 2.45) is 0 Å². The van der Waals surface area contributed by atoms with E-state index in [1.54, 1.807) is 22.7 Å². The van der Waals surface area contributed by atoms with Crippen molar-refractivity contribution in [3.05, 3.63) is 46.2 Å². The van der Waals surface area contributed by atoms with Crippen LogP contribution in [0.25, 0.3) is 10.2 Å². The molecule has 1 amide bonds. The Bertz CT molecular complexity index is 840. The molecule has 2 aromatic heterocycles. The summed E-state index contributed by atoms with van der Waals surface area (Å²) in [5.41, 5.74) is 2.27. The Kier molecular flexibility index (Phi) is 5.83. The van der Waals surface area contributed by atoms with Crippen molar-refractivity contribution >= 4 is 43.9 Å². The van der Waals surface area contributed by atoms with E-state index in [0.717, 1.165) is 33.2 Å². The quantitative estimate of drug-likeness (QED) is 0.627. The van der Waals surface area contributed by atoms with Crippen LogP contribution in [-0.4, -0.2) is 43.0 Å². The molecular formula is C19H23N3OS2. The highest BCUT2D eigenvalue weighted by Crippen LogP contribution is 2.31. The number of rotatable bonds is 7. The van der Waals surface area contributed by atoms with Gasteiger partial charge >= 0.3 is 0 Å². The summed E-state index contributed by atoms with van der Waals surface area (Å²) in [5, 5.41) is 2.82. The van der Waals surface area contributed by atoms with Crippen LogP contribution < -0.4 is 4.90 Å². The van der Waals surface area contributed by atoms with Gasteiger partial charge in [0.25, 0.3) is 0 Å². The lowest BCUT2D eigenvalue weighted by Crippen LogP contribution is -2.37. The summed E-state index contributed by atoms with van der Waals surface area (Å²) in [6.07, 6.45) is 1.38. The smallest absolute Gasteiger partial charge is 0.234 e. The molecule has 0 saturated carbocycles. The van der Waals surface area contributed by atoms with Crippen LogP contribution in [-0.2, 0) is 17.6 Å². The number of carbonyl (C=O) groups excluding carboxylic acids is 1. The third-order valence-corrected chi connectivity index (χ3v) is 6.00. The van der Waals surface area contributed by atoms with Crippen LogP contribution in [0.4, 0.5) is 5.13 Å². The first-order valence-electron chi connectivity index (χ1n) is 8.44. The second kappa shape index (κ2) is 8.08. The maximum atomic E-state index is 12.9. The lowest BCUT2D eigenvalue weighted by molar-refractivity contribution is -0.118. The summed E-state index contributed by atoms with van der Waals surface area (Å²) in [5.74, 6) is 0.112. The van der Waals surface area contributed by atoms with Gasteiger partial charge in [0.1, 0.15) is 0 Å². The fourth-order valence-corrected chi connectivity index (χ4v) is 4.43. The van der Waals surface area contributed by atoms with Crippen LogP contribution in [0, 0.1) is 0 Å². The number of carbonyl (C=O) groups is 1. The summed E-state index contributed by atoms with van der Waals surface area (Å²) in [4.78, 5) is 22.8. The van der Waals surface area contributed by atoms with Crippen LogP contribution in [0.2, 0.25) is 0 Å². The molecule has 4 nitrogen and oxygen atoms in total. The van der Waals surface area contributed by atoms with Crippen molar-refractivity contribution in [3.8, 4) is 0 Å². The van der Waals surface area contributed by atoms with E-state index in [1.165, 1.54) is 5.56 Å². The van der Waals surface area contributed by atoms with E-state index in [4.69, 9.17) is 4.98 Å². The number of amides is 1. The second-order valence-electron chi connectivity index (χ2n) is 6.22. The summed E-state index contributed by atoms with van der Waals surface area (Å²) >= 11 is 3.23. The molecule has 25 heavy (non-hydrogen) atoms. The molecule has 0 fully saturated rings. The van der Waals surface area contributed by atoms with Crippen LogP contribution in [0.5, 0.6) is 0 Å². The summed E-state index contributed by atoms with van der Waals surface area (Å²) < 4.78 is 1.15. The molecule has 132 valence electrons. The number of benzene rings is 1. The Balaban J connectivity index is 1.91. The monoisotopic (exact) mass is 373 g/mol. The summed E-state index contributed by atoms with van der Waals surface area (Å²) in [7, 11) is 4.05. The first-order chi connectivity index (χ1) is 12.1. The normalized spacial score (nSPS) is 11.4. The van der Waals surface area contributed by atoms with E-state index < -0.39 is 0 Å². The molecule has 0 radical (unpaired) electrons. The molecule has 0 unspecified atom stereocenters. The molecular weight excluding hydrogens is 350 g/mol. The third-order valence-electron chi connectivity index (χ3n) is 4.08. The van der Waals surface area contributed by atoms with Gasteiger partial charge in [-0.15, -0.1) is 11.3 Å². The minimum Gasteiger partial charge on any atom is -0.308 e. The van der Waals surface area contributed by atoms with Crippen LogP contribution in [0.3, 0.4) is 0 Å². The number of aromatic nitrogens is 1. The number of hydrogen-bond donors (Lipinski definition) is 0. The molecule has 2 heterocycles. The molecule has 0 atom stereocenters. The highest BCUT2D eigenvalue weighted by Gasteiger charge is 2.21. The van der Waals surface area contributed by atoms with Gasteiger partial charge in [0.05, 0.1) is 16.6 Å². The number of aryl methyl sites for hydroxylation is 1. The zero-order valence-corrected chi connectivity index (χ0v) is 16.5. The van der Waals surface area contributed by atoms with Gasteiger partial charge in [-0.3, -0.25) is 9.69 Å². The topological polar surface area (TPSA) is 36.4 Å². The van der Waals surface area contributed by atoms with Crippen molar-refractivity contribution in [2.45, 2.75) is 19.8 Å². The average Bonchev–Trinajstić information content (AvgIpc) is 3.23. The number of nitrogens with zero attached hydrogens (tertiary/aromatic N) is 3. The predicted molar refractivity (Wildman–Crippen MR) is 108 cm³/mol. The molecule has 6 heteroatoms. The van der Waals surface area contributed by atoms with Crippen molar-refractivity contribution in [1.82, 2.24) is 9.88 Å². The van der Waals surface area contributed by atoms with E-state index in [-0.39, 0.29) is 5.91 Å². The predicted octanol–water partition coefficient (Wildman–Crippen LogP) is 4.06. The summed E-state index contributed by atoms with van der Waals surface area (Å²) in [6, 6.07) is 10.3. The van der Waals surface area contributed by atoms with E-state index in [0.29, 0.717) is 13.0 Å². The lowest BCUT2D eigenvalue weighted by Gasteiger charge is -2.21. The number of likely N-dealkylation sites (N-methyl/N-ethyl adjacent to an activating group) is 1. The van der Waals surface area contributed by atoms with Crippen LogP contribution >= 0.6 is 22.7 Å². The minimum absolute atomic E-state index is 0.112. The first-order valence-corrected chi connectivity index (χ1v) is 10.1. The van der Waals surface area contributed by atoms with Crippen molar-refractivity contribution in [3.63, 3.8) is 0 Å². The number of anilines is 1. The van der Waals surface area contributed by atoms with Gasteiger partial charge in [0.15, 0.2) is 5.13 Å². The molecule has 0 aliphatic carbocycles. The zero-order valence-electron chi connectivity index (χ0n) is 14.9. The van der Waals surface area contributed by atoms with Gasteiger partial charge in [-0.05, 0) is 43.6 Å². The zero-order chi connectivity index (χ0) is 17.8. The van der Waals surface area contributed by atoms with E-state index >= 15 is 0 Å². The van der Waals surface area contributed by atoms with Gasteiger partial charge in [0, 0.05) is 18.0 Å². The van der Waals surface area contributed by atoms with Crippen molar-refractivity contribution in [2.75, 3.05) is 32.1 Å². The van der Waals surface area contributed by atoms with E-state index in [1.807, 2.05) is 36.5 Å². The standard InChI is InChI=1S/C19H23N3OS2/c1-4-14-7-5-9-16-18(14)20-19(25-16)22(11-10-21(2)3)17(23)13-15-8-6-12-24-15/h5-9,12H,4,10-11,13H2,1-3H3. The highest BCUT2D eigenvalue weighted by atomic mass is 32.1. The lowest BCUT2D eigenvalue weighted by atomic mass is 10.1. The summed E-state index contributed by atoms with van der Waals surface area (Å²) in [6.45, 7) is 3.60. The number of para-hydroxylation sites is 1. The number of hydrogen-bond acceptors (Lipinski definition) is 5. The Labute approximate surface area is 156 Å². The van der Waals surface area contributed by atoms with E-state index in [2.05, 4.69) is 30.0 Å². The van der Waals surface area contributed by atoms with Crippen LogP contribution in [0.15, 0.2) is 35.7 Å². The maximum absolute atomic E-state index is 12.9. The van der Waals surface area contributed by atoms with E-state index in [9.17, 15) is 4.79 Å². The molecule has 3 aromatic rings. The Hall–Kier alpha value is -1.76. The molecule has 0 bridgehead atoms. The third kappa shape index (κ3) is 4.26. The largest absolute Gasteiger partial charge is 0.308 e. The molecule has 0 saturated heterocycles. The maximum Gasteiger partial charge on any atom is 0.234 e. The Morgan fingerprint density at radius 2 is 2.00 bits per heavy atom. The first kappa shape index (κ1) is 18.0. The number of thiophene rings is 1. The molecule has 0 aliphatic heterocycles. The van der Waals surface area contributed by atoms with Gasteiger partial charge in [-0.25, -0.2) is 4.98 Å². The molecule has 1 aromatic carbocycles. The Morgan fingerprint density at radius 1 is 1.16 bits per heavy atom. The highest BCUT2D eigenvalue weighted by molar-refractivity contribution is 7.22. The van der Waals surface area contributed by atoms with Crippen LogP contribution in [0.1, 0.15) is 17.4 Å².